The highest BCUT2D eigenvalue weighted by molar-refractivity contribution is 5.78. The average molecular weight is 199 g/mol. The van der Waals surface area contributed by atoms with E-state index in [9.17, 15) is 4.79 Å². The van der Waals surface area contributed by atoms with E-state index in [1.807, 2.05) is 13.0 Å². The molecule has 0 aromatic carbocycles. The molecule has 1 amide bonds. The number of carbonyl (C=O) groups is 1. The molecule has 5 nitrogen and oxygen atoms in total. The zero-order valence-corrected chi connectivity index (χ0v) is 8.67. The fourth-order valence-electron chi connectivity index (χ4n) is 0.864. The van der Waals surface area contributed by atoms with Crippen molar-refractivity contribution in [2.75, 3.05) is 26.8 Å². The van der Waals surface area contributed by atoms with Crippen LogP contribution in [0.15, 0.2) is 0 Å². The summed E-state index contributed by atoms with van der Waals surface area (Å²) in [6.07, 6.45) is 0.863. The van der Waals surface area contributed by atoms with Crippen molar-refractivity contribution in [2.24, 2.45) is 0 Å². The third-order valence-electron chi connectivity index (χ3n) is 1.73. The van der Waals surface area contributed by atoms with Crippen LogP contribution in [0.3, 0.4) is 0 Å². The van der Waals surface area contributed by atoms with E-state index in [1.54, 1.807) is 7.11 Å². The predicted octanol–water partition coefficient (Wildman–Crippen LogP) is -0.359. The van der Waals surface area contributed by atoms with Gasteiger partial charge in [0.05, 0.1) is 12.6 Å². The van der Waals surface area contributed by atoms with Crippen LogP contribution in [0.1, 0.15) is 13.3 Å². The number of amides is 1. The van der Waals surface area contributed by atoms with E-state index < -0.39 is 0 Å². The molecule has 0 bridgehead atoms. The Kier molecular flexibility index (Phi) is 7.80. The maximum absolute atomic E-state index is 11.0. The number of hydrogen-bond acceptors (Lipinski definition) is 4. The van der Waals surface area contributed by atoms with Gasteiger partial charge in [-0.2, -0.15) is 5.26 Å². The van der Waals surface area contributed by atoms with Crippen LogP contribution < -0.4 is 10.6 Å². The summed E-state index contributed by atoms with van der Waals surface area (Å²) in [7, 11) is 1.65. The van der Waals surface area contributed by atoms with Crippen molar-refractivity contribution in [1.29, 1.82) is 5.26 Å². The summed E-state index contributed by atoms with van der Waals surface area (Å²) in [6, 6.07) is 2.08. The van der Waals surface area contributed by atoms with Gasteiger partial charge in [0.25, 0.3) is 0 Å². The molecule has 1 atom stereocenters. The largest absolute Gasteiger partial charge is 0.385 e. The highest BCUT2D eigenvalue weighted by Gasteiger charge is 2.04. The summed E-state index contributed by atoms with van der Waals surface area (Å²) in [6.45, 7) is 2.96. The molecule has 80 valence electrons. The van der Waals surface area contributed by atoms with Crippen molar-refractivity contribution >= 4 is 5.91 Å². The average Bonchev–Trinajstić information content (AvgIpc) is 2.20. The van der Waals surface area contributed by atoms with Crippen molar-refractivity contribution in [3.63, 3.8) is 0 Å². The topological polar surface area (TPSA) is 74.2 Å². The molecule has 0 aliphatic rings. The Morgan fingerprint density at radius 3 is 2.93 bits per heavy atom. The Labute approximate surface area is 84.4 Å². The molecule has 0 aromatic heterocycles. The van der Waals surface area contributed by atoms with Crippen molar-refractivity contribution < 1.29 is 9.53 Å². The van der Waals surface area contributed by atoms with Crippen LogP contribution in [-0.4, -0.2) is 38.8 Å². The molecule has 14 heavy (non-hydrogen) atoms. The van der Waals surface area contributed by atoms with E-state index in [4.69, 9.17) is 10.00 Å². The third kappa shape index (κ3) is 7.53. The number of rotatable bonds is 7. The summed E-state index contributed by atoms with van der Waals surface area (Å²) in [4.78, 5) is 11.0. The predicted molar refractivity (Wildman–Crippen MR) is 52.6 cm³/mol. The SMILES string of the molecule is COCCC(C)NCC(=O)NCC#N. The van der Waals surface area contributed by atoms with Crippen LogP contribution in [0.4, 0.5) is 0 Å². The molecular formula is C9H17N3O2. The first-order valence-corrected chi connectivity index (χ1v) is 4.56. The Bertz CT molecular complexity index is 201. The van der Waals surface area contributed by atoms with Crippen LogP contribution in [0.5, 0.6) is 0 Å². The molecular weight excluding hydrogens is 182 g/mol. The second-order valence-electron chi connectivity index (χ2n) is 3.00. The minimum absolute atomic E-state index is 0.0625. The number of carbonyl (C=O) groups excluding carboxylic acids is 1. The second-order valence-corrected chi connectivity index (χ2v) is 3.00. The Morgan fingerprint density at radius 1 is 1.64 bits per heavy atom. The minimum Gasteiger partial charge on any atom is -0.385 e. The molecule has 1 unspecified atom stereocenters. The Balaban J connectivity index is 3.41. The van der Waals surface area contributed by atoms with Gasteiger partial charge >= 0.3 is 0 Å². The molecule has 2 N–H and O–H groups in total. The maximum atomic E-state index is 11.0. The van der Waals surface area contributed by atoms with Crippen LogP contribution in [0.25, 0.3) is 0 Å². The van der Waals surface area contributed by atoms with E-state index in [0.717, 1.165) is 6.42 Å². The summed E-state index contributed by atoms with van der Waals surface area (Å²) < 4.78 is 4.90. The van der Waals surface area contributed by atoms with Crippen molar-refractivity contribution in [3.8, 4) is 6.07 Å². The zero-order valence-electron chi connectivity index (χ0n) is 8.67. The van der Waals surface area contributed by atoms with Gasteiger partial charge in [-0.05, 0) is 13.3 Å². The van der Waals surface area contributed by atoms with E-state index in [1.165, 1.54) is 0 Å². The lowest BCUT2D eigenvalue weighted by Gasteiger charge is -2.12. The molecule has 0 aliphatic heterocycles. The quantitative estimate of drug-likeness (QED) is 0.549. The first-order valence-electron chi connectivity index (χ1n) is 4.56. The number of ether oxygens (including phenoxy) is 1. The molecule has 0 saturated heterocycles. The van der Waals surface area contributed by atoms with Crippen molar-refractivity contribution in [2.45, 2.75) is 19.4 Å². The van der Waals surface area contributed by atoms with Gasteiger partial charge in [0, 0.05) is 19.8 Å². The fraction of sp³-hybridized carbons (Fsp3) is 0.778. The number of nitrogens with one attached hydrogen (secondary N) is 2. The number of nitriles is 1. The lowest BCUT2D eigenvalue weighted by atomic mass is 10.2. The molecule has 0 saturated carbocycles. The molecule has 0 heterocycles. The Hall–Kier alpha value is -1.12. The first-order chi connectivity index (χ1) is 6.70. The number of methoxy groups -OCH3 is 1. The van der Waals surface area contributed by atoms with Crippen LogP contribution in [-0.2, 0) is 9.53 Å². The monoisotopic (exact) mass is 199 g/mol. The molecule has 0 rings (SSSR count). The molecule has 0 radical (unpaired) electrons. The summed E-state index contributed by atoms with van der Waals surface area (Å²) in [5.74, 6) is -0.157. The van der Waals surface area contributed by atoms with E-state index >= 15 is 0 Å². The van der Waals surface area contributed by atoms with Gasteiger partial charge in [0.15, 0.2) is 0 Å². The van der Waals surface area contributed by atoms with Gasteiger partial charge in [-0.15, -0.1) is 0 Å². The molecule has 0 aromatic rings. The second kappa shape index (κ2) is 8.48. The summed E-state index contributed by atoms with van der Waals surface area (Å²) >= 11 is 0. The van der Waals surface area contributed by atoms with Gasteiger partial charge < -0.3 is 15.4 Å². The van der Waals surface area contributed by atoms with Crippen LogP contribution >= 0.6 is 0 Å². The molecule has 0 spiro atoms. The smallest absolute Gasteiger partial charge is 0.234 e. The van der Waals surface area contributed by atoms with Crippen molar-refractivity contribution in [3.05, 3.63) is 0 Å². The Morgan fingerprint density at radius 2 is 2.36 bits per heavy atom. The lowest BCUT2D eigenvalue weighted by Crippen LogP contribution is -2.38. The van der Waals surface area contributed by atoms with E-state index in [2.05, 4.69) is 10.6 Å². The van der Waals surface area contributed by atoms with E-state index in [-0.39, 0.29) is 25.0 Å². The highest BCUT2D eigenvalue weighted by Crippen LogP contribution is 1.89. The standard InChI is InChI=1S/C9H17N3O2/c1-8(3-6-14-2)12-7-9(13)11-5-4-10/h8,12H,3,5-7H2,1-2H3,(H,11,13). The van der Waals surface area contributed by atoms with Gasteiger partial charge in [0.1, 0.15) is 6.54 Å². The molecule has 5 heteroatoms. The van der Waals surface area contributed by atoms with Crippen molar-refractivity contribution in [1.82, 2.24) is 10.6 Å². The molecule has 0 aliphatic carbocycles. The normalized spacial score (nSPS) is 11.8. The van der Waals surface area contributed by atoms with Crippen LogP contribution in [0.2, 0.25) is 0 Å². The third-order valence-corrected chi connectivity index (χ3v) is 1.73. The van der Waals surface area contributed by atoms with Gasteiger partial charge in [-0.1, -0.05) is 0 Å². The fourth-order valence-corrected chi connectivity index (χ4v) is 0.864. The minimum atomic E-state index is -0.157. The highest BCUT2D eigenvalue weighted by atomic mass is 16.5. The first kappa shape index (κ1) is 12.9. The summed E-state index contributed by atoms with van der Waals surface area (Å²) in [5, 5.41) is 13.7. The molecule has 0 fully saturated rings. The van der Waals surface area contributed by atoms with Gasteiger partial charge in [-0.3, -0.25) is 4.79 Å². The lowest BCUT2D eigenvalue weighted by molar-refractivity contribution is -0.120. The zero-order chi connectivity index (χ0) is 10.8. The van der Waals surface area contributed by atoms with E-state index in [0.29, 0.717) is 6.61 Å². The maximum Gasteiger partial charge on any atom is 0.234 e. The van der Waals surface area contributed by atoms with Gasteiger partial charge in [0.2, 0.25) is 5.91 Å². The summed E-state index contributed by atoms with van der Waals surface area (Å²) in [5.41, 5.74) is 0. The number of hydrogen-bond donors (Lipinski definition) is 2. The number of nitrogens with zero attached hydrogens (tertiary/aromatic N) is 1. The van der Waals surface area contributed by atoms with Gasteiger partial charge in [-0.25, -0.2) is 0 Å². The van der Waals surface area contributed by atoms with Crippen LogP contribution in [0, 0.1) is 11.3 Å².